The molecule has 1 rings (SSSR count). The Morgan fingerprint density at radius 3 is 1.25 bits per heavy atom. The quantitative estimate of drug-likeness (QED) is 0.571. The van der Waals surface area contributed by atoms with E-state index in [9.17, 15) is 0 Å². The molecule has 0 bridgehead atoms. The van der Waals surface area contributed by atoms with E-state index < -0.39 is 10.5 Å². The van der Waals surface area contributed by atoms with E-state index in [1.807, 2.05) is 36.4 Å². The average Bonchev–Trinajstić information content (AvgIpc) is 2.09. The third-order valence-electron chi connectivity index (χ3n) is 0.723. The third kappa shape index (κ3) is 12.9. The van der Waals surface area contributed by atoms with Crippen LogP contribution in [0.1, 0.15) is 1.43 Å². The van der Waals surface area contributed by atoms with Crippen LogP contribution in [0.15, 0.2) is 39.8 Å². The number of hydrogen-bond acceptors (Lipinski definition) is 3. The summed E-state index contributed by atoms with van der Waals surface area (Å²) >= 11 is 2.33. The van der Waals surface area contributed by atoms with Crippen molar-refractivity contribution in [3.8, 4) is 0 Å². The number of halogens is 1. The normalized spacial score (nSPS) is 6.75. The Balaban J connectivity index is -0.000000136. The molecule has 0 N–H and O–H groups in total. The summed E-state index contributed by atoms with van der Waals surface area (Å²) in [5, 5.41) is 0. The van der Waals surface area contributed by atoms with Crippen molar-refractivity contribution in [3.05, 3.63) is 36.4 Å². The summed E-state index contributed by atoms with van der Waals surface area (Å²) in [4.78, 5) is 0. The van der Waals surface area contributed by atoms with Crippen LogP contribution in [0.25, 0.3) is 0 Å². The Hall–Kier alpha value is 0.320. The Labute approximate surface area is 105 Å². The van der Waals surface area contributed by atoms with Crippen LogP contribution in [-0.2, 0) is 10.5 Å². The fourth-order valence-corrected chi connectivity index (χ4v) is 0.385. The van der Waals surface area contributed by atoms with Crippen LogP contribution in [0.4, 0.5) is 0 Å². The first-order valence-electron chi connectivity index (χ1n) is 2.68. The topological polar surface area (TPSA) is 46.5 Å². The van der Waals surface area contributed by atoms with Gasteiger partial charge in [-0.25, -0.2) is 0 Å². The molecule has 12 heavy (non-hydrogen) atoms. The molecule has 0 spiro atoms. The van der Waals surface area contributed by atoms with Crippen LogP contribution in [0.3, 0.4) is 0 Å². The maximum atomic E-state index is 9.15. The number of benzene rings is 1. The molecular formula is C6H7BrNNaO2S. The first-order valence-corrected chi connectivity index (χ1v) is 4.43. The molecule has 1 aromatic carbocycles. The smallest absolute Gasteiger partial charge is 1.00 e. The van der Waals surface area contributed by atoms with Crippen LogP contribution in [-0.4, -0.2) is 8.42 Å². The summed E-state index contributed by atoms with van der Waals surface area (Å²) in [5.41, 5.74) is 0. The van der Waals surface area contributed by atoms with Gasteiger partial charge in [0.05, 0.1) is 16.1 Å². The first-order chi connectivity index (χ1) is 5.27. The molecule has 0 aliphatic heterocycles. The Morgan fingerprint density at radius 2 is 1.17 bits per heavy atom. The second-order valence-electron chi connectivity index (χ2n) is 1.44. The van der Waals surface area contributed by atoms with E-state index in [0.29, 0.717) is 0 Å². The summed E-state index contributed by atoms with van der Waals surface area (Å²) in [6.07, 6.45) is 0. The molecule has 0 fully saturated rings. The summed E-state index contributed by atoms with van der Waals surface area (Å²) < 4.78 is 20.9. The molecule has 0 aliphatic carbocycles. The Morgan fingerprint density at radius 1 is 1.00 bits per heavy atom. The molecule has 0 aliphatic rings. The fourth-order valence-electron chi connectivity index (χ4n) is 0.385. The molecule has 6 heteroatoms. The van der Waals surface area contributed by atoms with Crippen LogP contribution >= 0.6 is 16.1 Å². The van der Waals surface area contributed by atoms with E-state index in [1.54, 1.807) is 0 Å². The average molecular weight is 260 g/mol. The van der Waals surface area contributed by atoms with Gasteiger partial charge in [0.15, 0.2) is 0 Å². The molecule has 0 amide bonds. The van der Waals surface area contributed by atoms with Crippen molar-refractivity contribution >= 4 is 26.6 Å². The fraction of sp³-hybridized carbons (Fsp3) is 0. The van der Waals surface area contributed by atoms with Gasteiger partial charge in [0.1, 0.15) is 0 Å². The maximum Gasteiger partial charge on any atom is 1.00 e. The largest absolute Gasteiger partial charge is 1.00 e. The molecule has 0 unspecified atom stereocenters. The van der Waals surface area contributed by atoms with Gasteiger partial charge in [0.2, 0.25) is 0 Å². The predicted molar refractivity (Wildman–Crippen MR) is 47.8 cm³/mol. The van der Waals surface area contributed by atoms with Crippen LogP contribution in [0.5, 0.6) is 0 Å². The van der Waals surface area contributed by atoms with Crippen molar-refractivity contribution in [3.63, 3.8) is 0 Å². The van der Waals surface area contributed by atoms with Crippen LogP contribution in [0, 0.1) is 0 Å². The molecule has 1 aromatic rings. The van der Waals surface area contributed by atoms with E-state index in [4.69, 9.17) is 8.42 Å². The van der Waals surface area contributed by atoms with Crippen molar-refractivity contribution in [1.29, 1.82) is 0 Å². The minimum atomic E-state index is -2.28. The minimum Gasteiger partial charge on any atom is -1.00 e. The van der Waals surface area contributed by atoms with Gasteiger partial charge in [-0.05, 0) is 0 Å². The van der Waals surface area contributed by atoms with Crippen molar-refractivity contribution in [1.82, 2.24) is 0 Å². The van der Waals surface area contributed by atoms with E-state index in [-0.39, 0.29) is 31.0 Å². The molecule has 0 saturated heterocycles. The summed E-state index contributed by atoms with van der Waals surface area (Å²) in [7, 11) is -2.28. The zero-order chi connectivity index (χ0) is 8.53. The molecule has 0 heterocycles. The van der Waals surface area contributed by atoms with E-state index in [0.717, 1.165) is 0 Å². The van der Waals surface area contributed by atoms with Gasteiger partial charge < -0.3 is 1.43 Å². The van der Waals surface area contributed by atoms with Gasteiger partial charge in [-0.3, -0.25) is 0 Å². The number of rotatable bonds is 0. The van der Waals surface area contributed by atoms with Crippen LogP contribution < -0.4 is 29.6 Å². The molecule has 0 saturated carbocycles. The monoisotopic (exact) mass is 259 g/mol. The molecule has 62 valence electrons. The third-order valence-corrected chi connectivity index (χ3v) is 1.54. The molecular weight excluding hydrogens is 253 g/mol. The SMILES string of the molecule is O=S(=O)=NBr.[H-].[Na+].c1ccccc1. The molecule has 0 radical (unpaired) electrons. The van der Waals surface area contributed by atoms with Crippen molar-refractivity contribution in [2.24, 2.45) is 3.39 Å². The first kappa shape index (κ1) is 14.8. The van der Waals surface area contributed by atoms with Crippen molar-refractivity contribution in [2.45, 2.75) is 0 Å². The van der Waals surface area contributed by atoms with Crippen LogP contribution in [0.2, 0.25) is 0 Å². The maximum absolute atomic E-state index is 9.15. The Bertz CT molecular complexity index is 271. The van der Waals surface area contributed by atoms with Gasteiger partial charge in [-0.1, -0.05) is 39.8 Å². The zero-order valence-corrected chi connectivity index (χ0v) is 10.9. The number of hydrogen-bond donors (Lipinski definition) is 0. The summed E-state index contributed by atoms with van der Waals surface area (Å²) in [6, 6.07) is 12.0. The standard InChI is InChI=1S/C6H6.BrNO2S.Na.H/c1-2-4-6-5-3-1;1-2-5(3)4;;/h1-6H;;;/q;;+1;-1. The minimum absolute atomic E-state index is 0. The van der Waals surface area contributed by atoms with Gasteiger partial charge in [0, 0.05) is 0 Å². The van der Waals surface area contributed by atoms with Crippen molar-refractivity contribution in [2.75, 3.05) is 0 Å². The Kier molecular flexibility index (Phi) is 14.0. The van der Waals surface area contributed by atoms with Crippen molar-refractivity contribution < 1.29 is 39.4 Å². The molecule has 0 aromatic heterocycles. The van der Waals surface area contributed by atoms with Gasteiger partial charge in [-0.2, -0.15) is 8.42 Å². The second kappa shape index (κ2) is 11.3. The molecule has 0 atom stereocenters. The second-order valence-corrected chi connectivity index (χ2v) is 2.88. The van der Waals surface area contributed by atoms with Gasteiger partial charge in [-0.15, -0.1) is 0 Å². The van der Waals surface area contributed by atoms with Gasteiger partial charge >= 0.3 is 40.1 Å². The number of nitrogens with zero attached hydrogens (tertiary/aromatic N) is 1. The van der Waals surface area contributed by atoms with E-state index in [1.165, 1.54) is 0 Å². The summed E-state index contributed by atoms with van der Waals surface area (Å²) in [6.45, 7) is 0. The van der Waals surface area contributed by atoms with E-state index in [2.05, 4.69) is 19.5 Å². The predicted octanol–water partition coefficient (Wildman–Crippen LogP) is -0.838. The zero-order valence-electron chi connectivity index (χ0n) is 7.51. The summed E-state index contributed by atoms with van der Waals surface area (Å²) in [5.74, 6) is 0. The van der Waals surface area contributed by atoms with Gasteiger partial charge in [0.25, 0.3) is 0 Å². The molecule has 3 nitrogen and oxygen atoms in total. The van der Waals surface area contributed by atoms with E-state index >= 15 is 0 Å².